The number of rotatable bonds is 6. The van der Waals surface area contributed by atoms with Crippen LogP contribution in [-0.4, -0.2) is 18.6 Å². The minimum absolute atomic E-state index is 0.0310. The van der Waals surface area contributed by atoms with Crippen molar-refractivity contribution in [3.8, 4) is 5.75 Å². The molecule has 0 saturated heterocycles. The molecule has 1 aromatic carbocycles. The first kappa shape index (κ1) is 15.9. The summed E-state index contributed by atoms with van der Waals surface area (Å²) in [5.74, 6) is -0.0672. The standard InChI is InChI=1S/C16H21FN2OS/c1-5-8-18-15(16-10(2)19-11(3)21-16)12-6-7-14(20-4)13(17)9-12/h6-7,9,15,18H,5,8H2,1-4H3. The van der Waals surface area contributed by atoms with E-state index in [1.807, 2.05) is 19.9 Å². The van der Waals surface area contributed by atoms with Crippen LogP contribution < -0.4 is 10.1 Å². The van der Waals surface area contributed by atoms with Crippen molar-refractivity contribution in [3.63, 3.8) is 0 Å². The van der Waals surface area contributed by atoms with Crippen LogP contribution in [0.2, 0.25) is 0 Å². The minimum Gasteiger partial charge on any atom is -0.494 e. The molecule has 0 aliphatic rings. The number of ether oxygens (including phenoxy) is 1. The maximum Gasteiger partial charge on any atom is 0.165 e. The Kier molecular flexibility index (Phi) is 5.31. The van der Waals surface area contributed by atoms with Crippen molar-refractivity contribution in [1.29, 1.82) is 0 Å². The molecule has 114 valence electrons. The van der Waals surface area contributed by atoms with E-state index in [1.54, 1.807) is 23.5 Å². The molecule has 0 spiro atoms. The van der Waals surface area contributed by atoms with Gasteiger partial charge >= 0.3 is 0 Å². The topological polar surface area (TPSA) is 34.1 Å². The molecule has 5 heteroatoms. The highest BCUT2D eigenvalue weighted by Crippen LogP contribution is 2.31. The summed E-state index contributed by atoms with van der Waals surface area (Å²) in [6.07, 6.45) is 1.02. The summed E-state index contributed by atoms with van der Waals surface area (Å²) >= 11 is 1.66. The van der Waals surface area contributed by atoms with Crippen molar-refractivity contribution in [2.45, 2.75) is 33.2 Å². The van der Waals surface area contributed by atoms with E-state index in [2.05, 4.69) is 17.2 Å². The summed E-state index contributed by atoms with van der Waals surface area (Å²) in [5.41, 5.74) is 1.90. The van der Waals surface area contributed by atoms with Crippen molar-refractivity contribution in [2.75, 3.05) is 13.7 Å². The van der Waals surface area contributed by atoms with Crippen molar-refractivity contribution >= 4 is 11.3 Å². The molecule has 0 aliphatic heterocycles. The van der Waals surface area contributed by atoms with Gasteiger partial charge in [-0.05, 0) is 44.5 Å². The number of aryl methyl sites for hydroxylation is 2. The van der Waals surface area contributed by atoms with E-state index < -0.39 is 0 Å². The number of thiazole rings is 1. The third-order valence-corrected chi connectivity index (χ3v) is 4.45. The van der Waals surface area contributed by atoms with Gasteiger partial charge in [-0.2, -0.15) is 0 Å². The van der Waals surface area contributed by atoms with Crippen LogP contribution >= 0.6 is 11.3 Å². The minimum atomic E-state index is -0.336. The normalized spacial score (nSPS) is 12.4. The van der Waals surface area contributed by atoms with Gasteiger partial charge in [0.25, 0.3) is 0 Å². The smallest absolute Gasteiger partial charge is 0.165 e. The molecule has 0 bridgehead atoms. The highest BCUT2D eigenvalue weighted by atomic mass is 32.1. The van der Waals surface area contributed by atoms with Crippen LogP contribution in [0.3, 0.4) is 0 Å². The summed E-state index contributed by atoms with van der Waals surface area (Å²) in [7, 11) is 1.47. The summed E-state index contributed by atoms with van der Waals surface area (Å²) in [6.45, 7) is 6.98. The maximum absolute atomic E-state index is 14.0. The van der Waals surface area contributed by atoms with Gasteiger partial charge in [0.2, 0.25) is 0 Å². The van der Waals surface area contributed by atoms with Crippen molar-refractivity contribution in [2.24, 2.45) is 0 Å². The number of hydrogen-bond acceptors (Lipinski definition) is 4. The van der Waals surface area contributed by atoms with Crippen LogP contribution in [-0.2, 0) is 0 Å². The number of aromatic nitrogens is 1. The highest BCUT2D eigenvalue weighted by Gasteiger charge is 2.20. The fraction of sp³-hybridized carbons (Fsp3) is 0.438. The zero-order chi connectivity index (χ0) is 15.4. The monoisotopic (exact) mass is 308 g/mol. The van der Waals surface area contributed by atoms with Gasteiger partial charge < -0.3 is 10.1 Å². The summed E-state index contributed by atoms with van der Waals surface area (Å²) < 4.78 is 19.0. The van der Waals surface area contributed by atoms with Gasteiger partial charge in [-0.15, -0.1) is 11.3 Å². The molecular weight excluding hydrogens is 287 g/mol. The number of halogens is 1. The molecule has 0 saturated carbocycles. The van der Waals surface area contributed by atoms with Crippen molar-refractivity contribution < 1.29 is 9.13 Å². The molecule has 1 aromatic heterocycles. The van der Waals surface area contributed by atoms with E-state index in [0.29, 0.717) is 0 Å². The molecule has 1 atom stereocenters. The summed E-state index contributed by atoms with van der Waals surface area (Å²) in [6, 6.07) is 5.09. The predicted octanol–water partition coefficient (Wildman–Crippen LogP) is 4.00. The Morgan fingerprint density at radius 3 is 2.67 bits per heavy atom. The Balaban J connectivity index is 2.40. The third kappa shape index (κ3) is 3.60. The van der Waals surface area contributed by atoms with E-state index >= 15 is 0 Å². The average Bonchev–Trinajstić information content (AvgIpc) is 2.78. The quantitative estimate of drug-likeness (QED) is 0.876. The van der Waals surface area contributed by atoms with Gasteiger partial charge in [-0.3, -0.25) is 0 Å². The molecular formula is C16H21FN2OS. The van der Waals surface area contributed by atoms with Gasteiger partial charge in [-0.1, -0.05) is 13.0 Å². The first-order chi connectivity index (χ1) is 10.1. The molecule has 0 amide bonds. The van der Waals surface area contributed by atoms with Crippen LogP contribution in [0.1, 0.15) is 40.5 Å². The summed E-state index contributed by atoms with van der Waals surface area (Å²) in [5, 5.41) is 4.51. The van der Waals surface area contributed by atoms with Crippen LogP contribution in [0.25, 0.3) is 0 Å². The Hall–Kier alpha value is -1.46. The van der Waals surface area contributed by atoms with Crippen LogP contribution in [0.4, 0.5) is 4.39 Å². The number of benzene rings is 1. The molecule has 2 rings (SSSR count). The lowest BCUT2D eigenvalue weighted by Crippen LogP contribution is -2.23. The number of methoxy groups -OCH3 is 1. The second kappa shape index (κ2) is 7.00. The predicted molar refractivity (Wildman–Crippen MR) is 84.7 cm³/mol. The second-order valence-electron chi connectivity index (χ2n) is 4.96. The summed E-state index contributed by atoms with van der Waals surface area (Å²) in [4.78, 5) is 5.63. The zero-order valence-electron chi connectivity index (χ0n) is 12.9. The SMILES string of the molecule is CCCNC(c1ccc(OC)c(F)c1)c1sc(C)nc1C. The molecule has 0 fully saturated rings. The van der Waals surface area contributed by atoms with Crippen molar-refractivity contribution in [1.82, 2.24) is 10.3 Å². The van der Waals surface area contributed by atoms with E-state index in [0.717, 1.165) is 34.1 Å². The molecule has 1 N–H and O–H groups in total. The van der Waals surface area contributed by atoms with Crippen molar-refractivity contribution in [3.05, 3.63) is 45.2 Å². The Bertz CT molecular complexity index is 612. The molecule has 2 aromatic rings. The van der Waals surface area contributed by atoms with Gasteiger partial charge in [0.05, 0.1) is 23.9 Å². The Morgan fingerprint density at radius 1 is 1.38 bits per heavy atom. The van der Waals surface area contributed by atoms with Gasteiger partial charge in [0.1, 0.15) is 0 Å². The number of nitrogens with zero attached hydrogens (tertiary/aromatic N) is 1. The molecule has 21 heavy (non-hydrogen) atoms. The van der Waals surface area contributed by atoms with Gasteiger partial charge in [0.15, 0.2) is 11.6 Å². The molecule has 0 aliphatic carbocycles. The van der Waals surface area contributed by atoms with E-state index in [9.17, 15) is 4.39 Å². The molecule has 0 radical (unpaired) electrons. The molecule has 1 heterocycles. The third-order valence-electron chi connectivity index (χ3n) is 3.31. The van der Waals surface area contributed by atoms with Gasteiger partial charge in [-0.25, -0.2) is 9.37 Å². The lowest BCUT2D eigenvalue weighted by atomic mass is 10.0. The Morgan fingerprint density at radius 2 is 2.14 bits per heavy atom. The first-order valence-corrected chi connectivity index (χ1v) is 7.89. The fourth-order valence-electron chi connectivity index (χ4n) is 2.33. The average molecular weight is 308 g/mol. The zero-order valence-corrected chi connectivity index (χ0v) is 13.7. The van der Waals surface area contributed by atoms with E-state index in [-0.39, 0.29) is 17.6 Å². The van der Waals surface area contributed by atoms with Crippen LogP contribution in [0, 0.1) is 19.7 Å². The van der Waals surface area contributed by atoms with E-state index in [1.165, 1.54) is 7.11 Å². The lowest BCUT2D eigenvalue weighted by Gasteiger charge is -2.19. The van der Waals surface area contributed by atoms with E-state index in [4.69, 9.17) is 4.74 Å². The lowest BCUT2D eigenvalue weighted by molar-refractivity contribution is 0.385. The van der Waals surface area contributed by atoms with Crippen LogP contribution in [0.15, 0.2) is 18.2 Å². The van der Waals surface area contributed by atoms with Crippen LogP contribution in [0.5, 0.6) is 5.75 Å². The largest absolute Gasteiger partial charge is 0.494 e. The number of hydrogen-bond donors (Lipinski definition) is 1. The fourth-order valence-corrected chi connectivity index (χ4v) is 3.36. The number of nitrogens with one attached hydrogen (secondary N) is 1. The highest BCUT2D eigenvalue weighted by molar-refractivity contribution is 7.11. The Labute approximate surface area is 129 Å². The molecule has 1 unspecified atom stereocenters. The second-order valence-corrected chi connectivity index (χ2v) is 6.20. The maximum atomic E-state index is 14.0. The van der Waals surface area contributed by atoms with Gasteiger partial charge in [0, 0.05) is 4.88 Å². The first-order valence-electron chi connectivity index (χ1n) is 7.07. The molecule has 3 nitrogen and oxygen atoms in total.